The Morgan fingerprint density at radius 2 is 1.77 bits per heavy atom. The van der Waals surface area contributed by atoms with E-state index < -0.39 is 0 Å². The van der Waals surface area contributed by atoms with Crippen molar-refractivity contribution in [2.75, 3.05) is 5.73 Å². The first-order valence-corrected chi connectivity index (χ1v) is 3.81. The van der Waals surface area contributed by atoms with Crippen LogP contribution in [0.15, 0.2) is 47.4 Å². The number of nitrogen functional groups attached to an aromatic ring is 1. The highest BCUT2D eigenvalue weighted by molar-refractivity contribution is 5.35. The van der Waals surface area contributed by atoms with Crippen LogP contribution in [0.25, 0.3) is 0 Å². The van der Waals surface area contributed by atoms with E-state index in [0.29, 0.717) is 0 Å². The van der Waals surface area contributed by atoms with Crippen LogP contribution in [0.3, 0.4) is 0 Å². The molecule has 2 rings (SSSR count). The van der Waals surface area contributed by atoms with E-state index in [1.165, 1.54) is 6.07 Å². The highest BCUT2D eigenvalue weighted by Gasteiger charge is 1.72. The van der Waals surface area contributed by atoms with Gasteiger partial charge in [0, 0.05) is 18.0 Å². The van der Waals surface area contributed by atoms with Gasteiger partial charge in [0.05, 0.1) is 0 Å². The molecule has 4 nitrogen and oxygen atoms in total. The van der Waals surface area contributed by atoms with Crippen LogP contribution >= 0.6 is 0 Å². The quantitative estimate of drug-likeness (QED) is 0.524. The van der Waals surface area contributed by atoms with Crippen LogP contribution in [0.5, 0.6) is 0 Å². The van der Waals surface area contributed by atoms with Crippen molar-refractivity contribution in [3.05, 3.63) is 52.9 Å². The van der Waals surface area contributed by atoms with E-state index in [0.717, 1.165) is 5.69 Å². The molecular weight excluding hydrogens is 166 g/mol. The van der Waals surface area contributed by atoms with Gasteiger partial charge in [-0.1, -0.05) is 18.2 Å². The third-order valence-electron chi connectivity index (χ3n) is 1.31. The highest BCUT2D eigenvalue weighted by atomic mass is 16.1. The van der Waals surface area contributed by atoms with Crippen molar-refractivity contribution in [1.29, 1.82) is 0 Å². The van der Waals surface area contributed by atoms with Crippen LogP contribution in [-0.4, -0.2) is 10.2 Å². The lowest BCUT2D eigenvalue weighted by atomic mass is 10.3. The third-order valence-corrected chi connectivity index (χ3v) is 1.31. The fourth-order valence-corrected chi connectivity index (χ4v) is 0.725. The normalized spacial score (nSPS) is 8.62. The Morgan fingerprint density at radius 3 is 2.00 bits per heavy atom. The van der Waals surface area contributed by atoms with Crippen LogP contribution in [0, 0.1) is 0 Å². The summed E-state index contributed by atoms with van der Waals surface area (Å²) in [5.41, 5.74) is 6.09. The number of rotatable bonds is 0. The van der Waals surface area contributed by atoms with Crippen LogP contribution in [0.1, 0.15) is 0 Å². The molecule has 0 aliphatic carbocycles. The van der Waals surface area contributed by atoms with Crippen molar-refractivity contribution < 1.29 is 0 Å². The molecule has 0 saturated carbocycles. The smallest absolute Gasteiger partial charge is 0.263 e. The topological polar surface area (TPSA) is 74.7 Å². The molecule has 0 aliphatic heterocycles. The Hall–Kier alpha value is -1.97. The maximum Gasteiger partial charge on any atom is 0.263 e. The average Bonchev–Trinajstić information content (AvgIpc) is 2.58. The van der Waals surface area contributed by atoms with Gasteiger partial charge in [-0.15, -0.1) is 0 Å². The molecule has 1 aromatic heterocycles. The van der Waals surface area contributed by atoms with Crippen LogP contribution < -0.4 is 11.3 Å². The molecule has 0 unspecified atom stereocenters. The molecule has 4 heteroatoms. The molecule has 68 valence electrons. The molecule has 0 spiro atoms. The van der Waals surface area contributed by atoms with Gasteiger partial charge in [0.25, 0.3) is 5.56 Å². The molecule has 0 saturated heterocycles. The monoisotopic (exact) mass is 177 g/mol. The van der Waals surface area contributed by atoms with Crippen molar-refractivity contribution in [2.45, 2.75) is 0 Å². The van der Waals surface area contributed by atoms with Gasteiger partial charge in [-0.3, -0.25) is 9.89 Å². The summed E-state index contributed by atoms with van der Waals surface area (Å²) in [6.45, 7) is 0. The molecule has 4 N–H and O–H groups in total. The van der Waals surface area contributed by atoms with E-state index in [2.05, 4.69) is 10.2 Å². The van der Waals surface area contributed by atoms with Gasteiger partial charge in [0.1, 0.15) is 0 Å². The minimum Gasteiger partial charge on any atom is -0.399 e. The molecule has 0 aliphatic rings. The van der Waals surface area contributed by atoms with Gasteiger partial charge in [-0.05, 0) is 12.1 Å². The summed E-state index contributed by atoms with van der Waals surface area (Å²) in [4.78, 5) is 9.98. The number of hydrogen-bond acceptors (Lipinski definition) is 2. The lowest BCUT2D eigenvalue weighted by molar-refractivity contribution is 1.06. The number of anilines is 1. The highest BCUT2D eigenvalue weighted by Crippen LogP contribution is 1.95. The van der Waals surface area contributed by atoms with Crippen LogP contribution in [0.2, 0.25) is 0 Å². The number of hydrogen-bond donors (Lipinski definition) is 3. The number of H-pyrrole nitrogens is 2. The summed E-state index contributed by atoms with van der Waals surface area (Å²) >= 11 is 0. The first-order valence-electron chi connectivity index (χ1n) is 3.81. The second-order valence-electron chi connectivity index (χ2n) is 2.38. The number of para-hydroxylation sites is 1. The summed E-state index contributed by atoms with van der Waals surface area (Å²) in [6, 6.07) is 10.9. The number of aromatic amines is 2. The first-order chi connectivity index (χ1) is 6.29. The standard InChI is InChI=1S/C6H7N.C3H4N2O/c7-6-4-2-1-3-5-6;6-3-1-2-4-5-3/h1-5H,7H2;1-2H,(H2,4,5,6). The van der Waals surface area contributed by atoms with E-state index in [1.54, 1.807) is 6.20 Å². The minimum atomic E-state index is -0.0880. The molecule has 1 aromatic carbocycles. The molecule has 2 aromatic rings. The van der Waals surface area contributed by atoms with Crippen LogP contribution in [-0.2, 0) is 0 Å². The Bertz CT molecular complexity index is 360. The second-order valence-corrected chi connectivity index (χ2v) is 2.38. The fourth-order valence-electron chi connectivity index (χ4n) is 0.725. The van der Waals surface area contributed by atoms with E-state index in [-0.39, 0.29) is 5.56 Å². The van der Waals surface area contributed by atoms with E-state index in [9.17, 15) is 4.79 Å². The van der Waals surface area contributed by atoms with Gasteiger partial charge < -0.3 is 10.8 Å². The minimum absolute atomic E-state index is 0.0880. The van der Waals surface area contributed by atoms with Crippen LogP contribution in [0.4, 0.5) is 5.69 Å². The molecule has 0 bridgehead atoms. The van der Waals surface area contributed by atoms with Gasteiger partial charge in [-0.25, -0.2) is 0 Å². The Morgan fingerprint density at radius 1 is 1.08 bits per heavy atom. The van der Waals surface area contributed by atoms with E-state index in [1.807, 2.05) is 30.3 Å². The Labute approximate surface area is 75.4 Å². The summed E-state index contributed by atoms with van der Waals surface area (Å²) in [6.07, 6.45) is 1.54. The molecule has 1 heterocycles. The zero-order valence-electron chi connectivity index (χ0n) is 7.03. The Balaban J connectivity index is 0.000000132. The zero-order chi connectivity index (χ0) is 9.52. The lowest BCUT2D eigenvalue weighted by Crippen LogP contribution is -1.93. The molecule has 0 radical (unpaired) electrons. The average molecular weight is 177 g/mol. The van der Waals surface area contributed by atoms with Crippen molar-refractivity contribution >= 4 is 5.69 Å². The summed E-state index contributed by atoms with van der Waals surface area (Å²) in [5, 5.41) is 4.81. The maximum absolute atomic E-state index is 9.98. The Kier molecular flexibility index (Phi) is 3.38. The van der Waals surface area contributed by atoms with Crippen molar-refractivity contribution in [3.63, 3.8) is 0 Å². The second kappa shape index (κ2) is 4.82. The van der Waals surface area contributed by atoms with Crippen molar-refractivity contribution in [1.82, 2.24) is 10.2 Å². The van der Waals surface area contributed by atoms with E-state index >= 15 is 0 Å². The summed E-state index contributed by atoms with van der Waals surface area (Å²) < 4.78 is 0. The summed E-state index contributed by atoms with van der Waals surface area (Å²) in [7, 11) is 0. The summed E-state index contributed by atoms with van der Waals surface area (Å²) in [5.74, 6) is 0. The third kappa shape index (κ3) is 3.81. The SMILES string of the molecule is Nc1ccccc1.O=c1cc[nH][nH]1. The number of nitrogens with two attached hydrogens (primary N) is 1. The predicted molar refractivity (Wildman–Crippen MR) is 52.3 cm³/mol. The number of aromatic nitrogens is 2. The largest absolute Gasteiger partial charge is 0.399 e. The first kappa shape index (κ1) is 9.12. The molecule has 13 heavy (non-hydrogen) atoms. The van der Waals surface area contributed by atoms with Gasteiger partial charge in [0.15, 0.2) is 0 Å². The molecule has 0 atom stereocenters. The molecular formula is C9H11N3O. The lowest BCUT2D eigenvalue weighted by Gasteiger charge is -1.83. The predicted octanol–water partition coefficient (Wildman–Crippen LogP) is 0.972. The maximum atomic E-state index is 9.98. The number of nitrogens with one attached hydrogen (secondary N) is 2. The van der Waals surface area contributed by atoms with Gasteiger partial charge in [-0.2, -0.15) is 0 Å². The zero-order valence-corrected chi connectivity index (χ0v) is 7.03. The molecule has 0 amide bonds. The van der Waals surface area contributed by atoms with Gasteiger partial charge >= 0.3 is 0 Å². The van der Waals surface area contributed by atoms with Gasteiger partial charge in [0.2, 0.25) is 0 Å². The van der Waals surface area contributed by atoms with E-state index in [4.69, 9.17) is 5.73 Å². The van der Waals surface area contributed by atoms with Crippen molar-refractivity contribution in [3.8, 4) is 0 Å². The number of benzene rings is 1. The molecule has 0 fully saturated rings. The fraction of sp³-hybridized carbons (Fsp3) is 0. The van der Waals surface area contributed by atoms with Crippen molar-refractivity contribution in [2.24, 2.45) is 0 Å².